The molecule has 1 aliphatic rings. The fourth-order valence-electron chi connectivity index (χ4n) is 3.86. The first kappa shape index (κ1) is 20.1. The summed E-state index contributed by atoms with van der Waals surface area (Å²) in [6, 6.07) is 17.3. The number of hydrogen-bond acceptors (Lipinski definition) is 5. The second-order valence-electron chi connectivity index (χ2n) is 7.10. The van der Waals surface area contributed by atoms with E-state index in [2.05, 4.69) is 9.97 Å². The number of aliphatic carboxylic acids is 1. The van der Waals surface area contributed by atoms with Crippen LogP contribution in [0.25, 0.3) is 0 Å². The molecule has 0 saturated carbocycles. The number of nitrogens with zero attached hydrogens (tertiary/aromatic N) is 3. The van der Waals surface area contributed by atoms with Crippen LogP contribution in [0.5, 0.6) is 0 Å². The van der Waals surface area contributed by atoms with Crippen molar-refractivity contribution >= 4 is 17.6 Å². The van der Waals surface area contributed by atoms with E-state index in [0.717, 1.165) is 11.3 Å². The summed E-state index contributed by atoms with van der Waals surface area (Å²) in [5.74, 6) is -1.31. The molecule has 0 bridgehead atoms. The molecule has 152 valence electrons. The molecule has 30 heavy (non-hydrogen) atoms. The molecule has 1 aromatic carbocycles. The molecule has 0 radical (unpaired) electrons. The Bertz CT molecular complexity index is 1060. The Hall–Kier alpha value is -3.22. The van der Waals surface area contributed by atoms with Gasteiger partial charge in [0, 0.05) is 30.4 Å². The summed E-state index contributed by atoms with van der Waals surface area (Å²) in [6.45, 7) is 0.434. The van der Waals surface area contributed by atoms with E-state index in [9.17, 15) is 15.0 Å². The molecule has 0 amide bonds. The molecular weight excluding hydrogens is 402 g/mol. The van der Waals surface area contributed by atoms with Crippen LogP contribution in [0.4, 0.5) is 0 Å². The monoisotopic (exact) mass is 421 g/mol. The van der Waals surface area contributed by atoms with E-state index < -0.39 is 12.0 Å². The molecule has 3 heterocycles. The third kappa shape index (κ3) is 4.06. The van der Waals surface area contributed by atoms with Gasteiger partial charge in [0.25, 0.3) is 0 Å². The molecule has 4 rings (SSSR count). The predicted molar refractivity (Wildman–Crippen MR) is 113 cm³/mol. The average Bonchev–Trinajstić information content (AvgIpc) is 2.76. The van der Waals surface area contributed by atoms with E-state index in [0.29, 0.717) is 17.3 Å². The van der Waals surface area contributed by atoms with Crippen molar-refractivity contribution in [1.29, 1.82) is 0 Å². The number of pyridine rings is 2. The topological polar surface area (TPSA) is 86.5 Å². The summed E-state index contributed by atoms with van der Waals surface area (Å²) in [7, 11) is 0. The number of carbonyl (C=O) groups is 1. The van der Waals surface area contributed by atoms with Crippen LogP contribution in [-0.2, 0) is 11.3 Å². The minimum atomic E-state index is -1.16. The van der Waals surface area contributed by atoms with Crippen molar-refractivity contribution in [2.45, 2.75) is 25.0 Å². The van der Waals surface area contributed by atoms with Gasteiger partial charge < -0.3 is 10.2 Å². The summed E-state index contributed by atoms with van der Waals surface area (Å²) >= 11 is 6.04. The van der Waals surface area contributed by atoms with Crippen LogP contribution in [0.2, 0.25) is 5.02 Å². The Balaban J connectivity index is 1.86. The normalized spacial score (nSPS) is 19.6. The van der Waals surface area contributed by atoms with Gasteiger partial charge in [-0.2, -0.15) is 0 Å². The lowest BCUT2D eigenvalue weighted by Crippen LogP contribution is -2.40. The van der Waals surface area contributed by atoms with Crippen LogP contribution in [0.3, 0.4) is 0 Å². The van der Waals surface area contributed by atoms with Crippen molar-refractivity contribution in [3.05, 3.63) is 106 Å². The third-order valence-electron chi connectivity index (χ3n) is 5.21. The van der Waals surface area contributed by atoms with Crippen molar-refractivity contribution in [3.8, 4) is 0 Å². The largest absolute Gasteiger partial charge is 0.512 e. The van der Waals surface area contributed by atoms with Crippen LogP contribution in [0.15, 0.2) is 84.4 Å². The van der Waals surface area contributed by atoms with Crippen LogP contribution < -0.4 is 0 Å². The van der Waals surface area contributed by atoms with Crippen LogP contribution in [0, 0.1) is 0 Å². The van der Waals surface area contributed by atoms with Gasteiger partial charge in [-0.1, -0.05) is 35.9 Å². The number of halogens is 1. The highest BCUT2D eigenvalue weighted by molar-refractivity contribution is 6.30. The second-order valence-corrected chi connectivity index (χ2v) is 7.53. The molecular formula is C23H20ClN3O3. The first-order chi connectivity index (χ1) is 14.5. The highest BCUT2D eigenvalue weighted by atomic mass is 35.5. The quantitative estimate of drug-likeness (QED) is 0.620. The first-order valence-electron chi connectivity index (χ1n) is 9.52. The molecule has 7 heteroatoms. The van der Waals surface area contributed by atoms with Gasteiger partial charge in [0.15, 0.2) is 0 Å². The number of carboxylic acid groups (broad SMARTS) is 1. The molecule has 2 atom stereocenters. The molecule has 1 aliphatic heterocycles. The Labute approximate surface area is 179 Å². The highest BCUT2D eigenvalue weighted by Gasteiger charge is 2.42. The predicted octanol–water partition coefficient (Wildman–Crippen LogP) is 4.72. The van der Waals surface area contributed by atoms with Crippen LogP contribution >= 0.6 is 11.6 Å². The van der Waals surface area contributed by atoms with E-state index in [1.54, 1.807) is 36.7 Å². The van der Waals surface area contributed by atoms with E-state index in [4.69, 9.17) is 11.6 Å². The second kappa shape index (κ2) is 8.65. The van der Waals surface area contributed by atoms with Crippen LogP contribution in [-0.4, -0.2) is 31.1 Å². The lowest BCUT2D eigenvalue weighted by molar-refractivity contribution is -0.134. The number of benzene rings is 1. The van der Waals surface area contributed by atoms with Crippen molar-refractivity contribution in [3.63, 3.8) is 0 Å². The van der Waals surface area contributed by atoms with Gasteiger partial charge in [0.1, 0.15) is 5.76 Å². The minimum Gasteiger partial charge on any atom is -0.512 e. The molecule has 0 unspecified atom stereocenters. The van der Waals surface area contributed by atoms with Gasteiger partial charge in [-0.25, -0.2) is 4.79 Å². The molecule has 0 saturated heterocycles. The van der Waals surface area contributed by atoms with E-state index in [1.165, 1.54) is 0 Å². The Morgan fingerprint density at radius 2 is 1.63 bits per heavy atom. The van der Waals surface area contributed by atoms with Crippen LogP contribution in [0.1, 0.15) is 35.5 Å². The highest BCUT2D eigenvalue weighted by Crippen LogP contribution is 2.44. The lowest BCUT2D eigenvalue weighted by Gasteiger charge is -2.41. The SMILES string of the molecule is O=C(O)C1=C(O)C[C@@H](c2ccccn2)N(Cc2ccc(Cl)cc2)[C@H]1c1ccccn1. The van der Waals surface area contributed by atoms with E-state index >= 15 is 0 Å². The fraction of sp³-hybridized carbons (Fsp3) is 0.174. The van der Waals surface area contributed by atoms with Gasteiger partial charge in [-0.15, -0.1) is 0 Å². The van der Waals surface area contributed by atoms with Gasteiger partial charge in [-0.3, -0.25) is 14.9 Å². The molecule has 2 N–H and O–H groups in total. The molecule has 0 fully saturated rings. The third-order valence-corrected chi connectivity index (χ3v) is 5.46. The Kier molecular flexibility index (Phi) is 5.79. The van der Waals surface area contributed by atoms with Gasteiger partial charge in [-0.05, 0) is 42.0 Å². The standard InChI is InChI=1S/C23H20ClN3O3/c24-16-9-7-15(8-10-16)14-27-19(17-5-1-3-11-25-17)13-20(28)21(23(29)30)22(27)18-6-2-4-12-26-18/h1-12,19,22,28H,13-14H2,(H,29,30)/t19-,22-/m0/s1. The molecule has 2 aromatic heterocycles. The maximum Gasteiger partial charge on any atom is 0.337 e. The summed E-state index contributed by atoms with van der Waals surface area (Å²) in [4.78, 5) is 23.0. The molecule has 6 nitrogen and oxygen atoms in total. The zero-order chi connectivity index (χ0) is 21.1. The molecule has 0 aliphatic carbocycles. The van der Waals surface area contributed by atoms with Gasteiger partial charge >= 0.3 is 5.97 Å². The van der Waals surface area contributed by atoms with Crippen molar-refractivity contribution in [2.75, 3.05) is 0 Å². The smallest absolute Gasteiger partial charge is 0.337 e. The maximum atomic E-state index is 12.1. The number of aromatic nitrogens is 2. The summed E-state index contributed by atoms with van der Waals surface area (Å²) in [5, 5.41) is 21.3. The lowest BCUT2D eigenvalue weighted by atomic mass is 9.88. The van der Waals surface area contributed by atoms with E-state index in [1.807, 2.05) is 41.3 Å². The van der Waals surface area contributed by atoms with Crippen molar-refractivity contribution < 1.29 is 15.0 Å². The molecule has 3 aromatic rings. The number of aliphatic hydroxyl groups excluding tert-OH is 1. The Morgan fingerprint density at radius 1 is 1.00 bits per heavy atom. The maximum absolute atomic E-state index is 12.1. The zero-order valence-corrected chi connectivity index (χ0v) is 16.8. The number of carboxylic acids is 1. The van der Waals surface area contributed by atoms with E-state index in [-0.39, 0.29) is 23.8 Å². The minimum absolute atomic E-state index is 0.0603. The first-order valence-corrected chi connectivity index (χ1v) is 9.89. The summed E-state index contributed by atoms with van der Waals surface area (Å²) in [6.07, 6.45) is 3.46. The molecule has 0 spiro atoms. The Morgan fingerprint density at radius 3 is 2.20 bits per heavy atom. The van der Waals surface area contributed by atoms with Crippen molar-refractivity contribution in [1.82, 2.24) is 14.9 Å². The fourth-order valence-corrected chi connectivity index (χ4v) is 3.99. The number of aliphatic hydroxyl groups is 1. The number of hydrogen-bond donors (Lipinski definition) is 2. The van der Waals surface area contributed by atoms with Gasteiger partial charge in [0.2, 0.25) is 0 Å². The number of rotatable bonds is 5. The summed E-state index contributed by atoms with van der Waals surface area (Å²) < 4.78 is 0. The summed E-state index contributed by atoms with van der Waals surface area (Å²) in [5.41, 5.74) is 2.21. The average molecular weight is 422 g/mol. The zero-order valence-electron chi connectivity index (χ0n) is 16.0. The van der Waals surface area contributed by atoms with Crippen molar-refractivity contribution in [2.24, 2.45) is 0 Å². The van der Waals surface area contributed by atoms with Gasteiger partial charge in [0.05, 0.1) is 29.0 Å².